The number of carbonyl (C=O) groups is 1. The molecule has 1 amide bonds. The molecule has 4 nitrogen and oxygen atoms in total. The van der Waals surface area contributed by atoms with E-state index in [1.807, 2.05) is 12.1 Å². The minimum absolute atomic E-state index is 0.269. The molecule has 28 heavy (non-hydrogen) atoms. The third kappa shape index (κ3) is 4.44. The van der Waals surface area contributed by atoms with Crippen LogP contribution >= 0.6 is 0 Å². The summed E-state index contributed by atoms with van der Waals surface area (Å²) >= 11 is 0. The van der Waals surface area contributed by atoms with Gasteiger partial charge in [0.05, 0.1) is 12.0 Å². The zero-order valence-electron chi connectivity index (χ0n) is 17.5. The van der Waals surface area contributed by atoms with E-state index in [0.717, 1.165) is 76.8 Å². The van der Waals surface area contributed by atoms with E-state index in [9.17, 15) is 9.90 Å². The highest BCUT2D eigenvalue weighted by Gasteiger charge is 2.44. The largest absolute Gasteiger partial charge is 0.389 e. The first-order valence-electron chi connectivity index (χ1n) is 11.2. The predicted molar refractivity (Wildman–Crippen MR) is 112 cm³/mol. The second kappa shape index (κ2) is 8.16. The Kier molecular flexibility index (Phi) is 5.80. The number of benzene rings is 1. The Labute approximate surface area is 169 Å². The van der Waals surface area contributed by atoms with Crippen molar-refractivity contribution in [3.05, 3.63) is 35.4 Å². The lowest BCUT2D eigenvalue weighted by molar-refractivity contribution is -0.134. The van der Waals surface area contributed by atoms with E-state index in [4.69, 9.17) is 0 Å². The van der Waals surface area contributed by atoms with Gasteiger partial charge in [0.1, 0.15) is 0 Å². The normalized spacial score (nSPS) is 24.6. The molecule has 4 rings (SSSR count). The molecule has 0 aromatic heterocycles. The average molecular weight is 385 g/mol. The Balaban J connectivity index is 1.27. The summed E-state index contributed by atoms with van der Waals surface area (Å²) in [6.45, 7) is 7.03. The predicted octanol–water partition coefficient (Wildman–Crippen LogP) is 3.55. The average Bonchev–Trinajstić information content (AvgIpc) is 3.20. The minimum atomic E-state index is -0.479. The van der Waals surface area contributed by atoms with E-state index in [1.165, 1.54) is 18.4 Å². The van der Waals surface area contributed by atoms with Crippen LogP contribution in [0.15, 0.2) is 24.3 Å². The van der Waals surface area contributed by atoms with Crippen LogP contribution in [-0.2, 0) is 11.2 Å². The Morgan fingerprint density at radius 3 is 2.25 bits per heavy atom. The Bertz CT molecular complexity index is 678. The summed E-state index contributed by atoms with van der Waals surface area (Å²) < 4.78 is 0. The number of β-amino-alcohol motifs (C(OH)–C–C–N with tert-alkyl or cyclic N) is 1. The molecular weight excluding hydrogens is 348 g/mol. The maximum atomic E-state index is 12.8. The van der Waals surface area contributed by atoms with E-state index in [0.29, 0.717) is 11.8 Å². The van der Waals surface area contributed by atoms with Gasteiger partial charge in [0.25, 0.3) is 0 Å². The Morgan fingerprint density at radius 2 is 1.61 bits per heavy atom. The lowest BCUT2D eigenvalue weighted by Gasteiger charge is -2.49. The van der Waals surface area contributed by atoms with Crippen molar-refractivity contribution in [2.45, 2.75) is 70.3 Å². The molecule has 3 aliphatic rings. The summed E-state index contributed by atoms with van der Waals surface area (Å²) in [5, 5.41) is 11.1. The van der Waals surface area contributed by atoms with E-state index in [2.05, 4.69) is 28.9 Å². The minimum Gasteiger partial charge on any atom is -0.389 e. The highest BCUT2D eigenvalue weighted by molar-refractivity contribution is 5.79. The smallest absolute Gasteiger partial charge is 0.226 e. The molecule has 1 aliphatic carbocycles. The first kappa shape index (κ1) is 19.9. The quantitative estimate of drug-likeness (QED) is 0.863. The molecule has 0 radical (unpaired) electrons. The van der Waals surface area contributed by atoms with Crippen LogP contribution < -0.4 is 0 Å². The summed E-state index contributed by atoms with van der Waals surface area (Å²) in [5.41, 5.74) is 2.23. The molecule has 1 aromatic carbocycles. The van der Waals surface area contributed by atoms with E-state index in [1.54, 1.807) is 0 Å². The monoisotopic (exact) mass is 384 g/mol. The zero-order valence-corrected chi connectivity index (χ0v) is 17.5. The molecule has 2 saturated heterocycles. The van der Waals surface area contributed by atoms with Crippen molar-refractivity contribution in [1.82, 2.24) is 9.80 Å². The fourth-order valence-corrected chi connectivity index (χ4v) is 5.57. The van der Waals surface area contributed by atoms with Crippen LogP contribution in [0.3, 0.4) is 0 Å². The molecule has 1 saturated carbocycles. The maximum Gasteiger partial charge on any atom is 0.226 e. The molecular formula is C24H36N2O2. The van der Waals surface area contributed by atoms with Gasteiger partial charge in [-0.3, -0.25) is 4.79 Å². The number of hydrogen-bond acceptors (Lipinski definition) is 3. The van der Waals surface area contributed by atoms with Gasteiger partial charge >= 0.3 is 0 Å². The summed E-state index contributed by atoms with van der Waals surface area (Å²) in [6.07, 6.45) is 9.41. The second-order valence-corrected chi connectivity index (χ2v) is 9.69. The highest BCUT2D eigenvalue weighted by Crippen LogP contribution is 2.48. The SMILES string of the molecule is Cc1ccccc1CC(=O)N1CCC2(CC1)CCC(O)(CN1CCCC1)CC2. The molecule has 0 unspecified atom stereocenters. The van der Waals surface area contributed by atoms with Gasteiger partial charge in [0.2, 0.25) is 5.91 Å². The van der Waals surface area contributed by atoms with Crippen LogP contribution in [0.1, 0.15) is 62.5 Å². The molecule has 4 heteroatoms. The maximum absolute atomic E-state index is 12.8. The van der Waals surface area contributed by atoms with Gasteiger partial charge in [0, 0.05) is 19.6 Å². The Morgan fingerprint density at radius 1 is 0.964 bits per heavy atom. The lowest BCUT2D eigenvalue weighted by atomic mass is 9.64. The highest BCUT2D eigenvalue weighted by atomic mass is 16.3. The van der Waals surface area contributed by atoms with Gasteiger partial charge in [-0.25, -0.2) is 0 Å². The Hall–Kier alpha value is -1.39. The van der Waals surface area contributed by atoms with E-state index >= 15 is 0 Å². The number of hydrogen-bond donors (Lipinski definition) is 1. The number of likely N-dealkylation sites (tertiary alicyclic amines) is 2. The van der Waals surface area contributed by atoms with Crippen LogP contribution in [0.4, 0.5) is 0 Å². The van der Waals surface area contributed by atoms with Crippen LogP contribution in [0.25, 0.3) is 0 Å². The standard InChI is InChI=1S/C24H36N2O2/c1-20-6-2-3-7-21(20)18-22(27)26-16-12-23(13-17-26)8-10-24(28,11-9-23)19-25-14-4-5-15-25/h2-3,6-7,28H,4-5,8-19H2,1H3. The molecule has 1 N–H and O–H groups in total. The summed E-state index contributed by atoms with van der Waals surface area (Å²) in [5.74, 6) is 0.269. The lowest BCUT2D eigenvalue weighted by Crippen LogP contribution is -2.50. The number of piperidine rings is 1. The molecule has 1 aromatic rings. The van der Waals surface area contributed by atoms with Crippen LogP contribution in [0.5, 0.6) is 0 Å². The van der Waals surface area contributed by atoms with Gasteiger partial charge in [0.15, 0.2) is 0 Å². The molecule has 2 heterocycles. The third-order valence-electron chi connectivity index (χ3n) is 7.74. The van der Waals surface area contributed by atoms with E-state index < -0.39 is 5.60 Å². The number of aryl methyl sites for hydroxylation is 1. The third-order valence-corrected chi connectivity index (χ3v) is 7.74. The fourth-order valence-electron chi connectivity index (χ4n) is 5.57. The van der Waals surface area contributed by atoms with Gasteiger partial charge < -0.3 is 14.9 Å². The van der Waals surface area contributed by atoms with Crippen molar-refractivity contribution in [3.63, 3.8) is 0 Å². The van der Waals surface area contributed by atoms with Gasteiger partial charge in [-0.1, -0.05) is 24.3 Å². The van der Waals surface area contributed by atoms with Crippen molar-refractivity contribution >= 4 is 5.91 Å². The second-order valence-electron chi connectivity index (χ2n) is 9.69. The summed E-state index contributed by atoms with van der Waals surface area (Å²) in [4.78, 5) is 17.3. The number of aliphatic hydroxyl groups is 1. The number of rotatable bonds is 4. The molecule has 0 bridgehead atoms. The van der Waals surface area contributed by atoms with Crippen molar-refractivity contribution < 1.29 is 9.90 Å². The molecule has 154 valence electrons. The first-order chi connectivity index (χ1) is 13.5. The van der Waals surface area contributed by atoms with Crippen LogP contribution in [0.2, 0.25) is 0 Å². The van der Waals surface area contributed by atoms with E-state index in [-0.39, 0.29) is 5.91 Å². The van der Waals surface area contributed by atoms with Gasteiger partial charge in [-0.2, -0.15) is 0 Å². The van der Waals surface area contributed by atoms with Crippen molar-refractivity contribution in [2.24, 2.45) is 5.41 Å². The zero-order chi connectivity index (χ0) is 19.6. The molecule has 3 fully saturated rings. The van der Waals surface area contributed by atoms with Crippen molar-refractivity contribution in [2.75, 3.05) is 32.7 Å². The first-order valence-corrected chi connectivity index (χ1v) is 11.2. The summed E-state index contributed by atoms with van der Waals surface area (Å²) in [6, 6.07) is 8.20. The van der Waals surface area contributed by atoms with Crippen LogP contribution in [-0.4, -0.2) is 59.1 Å². The summed E-state index contributed by atoms with van der Waals surface area (Å²) in [7, 11) is 0. The molecule has 0 atom stereocenters. The van der Waals surface area contributed by atoms with Crippen molar-refractivity contribution in [3.8, 4) is 0 Å². The van der Waals surface area contributed by atoms with Crippen LogP contribution in [0, 0.1) is 12.3 Å². The number of carbonyl (C=O) groups excluding carboxylic acids is 1. The van der Waals surface area contributed by atoms with Gasteiger partial charge in [-0.05, 0) is 87.9 Å². The number of amides is 1. The molecule has 1 spiro atoms. The number of nitrogens with zero attached hydrogens (tertiary/aromatic N) is 2. The van der Waals surface area contributed by atoms with Gasteiger partial charge in [-0.15, -0.1) is 0 Å². The topological polar surface area (TPSA) is 43.8 Å². The fraction of sp³-hybridized carbons (Fsp3) is 0.708. The van der Waals surface area contributed by atoms with Crippen molar-refractivity contribution in [1.29, 1.82) is 0 Å². The molecule has 2 aliphatic heterocycles.